The van der Waals surface area contributed by atoms with Gasteiger partial charge in [0.25, 0.3) is 0 Å². The molecule has 1 aromatic carbocycles. The molecule has 0 spiro atoms. The fourth-order valence-corrected chi connectivity index (χ4v) is 4.19. The van der Waals surface area contributed by atoms with Gasteiger partial charge in [-0.05, 0) is 24.0 Å². The summed E-state index contributed by atoms with van der Waals surface area (Å²) in [5.41, 5.74) is 2.06. The van der Waals surface area contributed by atoms with Crippen LogP contribution in [0.2, 0.25) is 0 Å². The highest BCUT2D eigenvalue weighted by atomic mass is 31.2. The Balaban J connectivity index is 2.12. The molecule has 17 heavy (non-hydrogen) atoms. The summed E-state index contributed by atoms with van der Waals surface area (Å²) in [5, 5.41) is 0. The van der Waals surface area contributed by atoms with Gasteiger partial charge < -0.3 is 9.79 Å². The first-order chi connectivity index (χ1) is 8.03. The van der Waals surface area contributed by atoms with Gasteiger partial charge in [-0.15, -0.1) is 0 Å². The lowest BCUT2D eigenvalue weighted by Gasteiger charge is -2.21. The van der Waals surface area contributed by atoms with E-state index in [1.54, 1.807) is 0 Å². The summed E-state index contributed by atoms with van der Waals surface area (Å²) < 4.78 is 12.2. The summed E-state index contributed by atoms with van der Waals surface area (Å²) in [6, 6.07) is 7.89. The molecule has 0 saturated heterocycles. The number of benzene rings is 1. The Hall–Kier alpha value is -1.12. The number of carbonyl (C=O) groups is 1. The predicted molar refractivity (Wildman–Crippen MR) is 66.2 cm³/mol. The van der Waals surface area contributed by atoms with Crippen LogP contribution in [0.1, 0.15) is 11.1 Å². The standard InChI is InChI=1S/C12H16NO3P/c1-13(8-14)9-17(15,16)12-6-10-4-2-3-5-11(10)7-12/h2-5,8,12H,6-7,9H2,1H3,(H,15,16). The van der Waals surface area contributed by atoms with Gasteiger partial charge in [0.2, 0.25) is 13.8 Å². The summed E-state index contributed by atoms with van der Waals surface area (Å²) in [4.78, 5) is 21.8. The van der Waals surface area contributed by atoms with Crippen LogP contribution in [-0.2, 0) is 22.2 Å². The van der Waals surface area contributed by atoms with Gasteiger partial charge in [0.1, 0.15) is 0 Å². The fourth-order valence-electron chi connectivity index (χ4n) is 2.29. The highest BCUT2D eigenvalue weighted by Gasteiger charge is 2.36. The van der Waals surface area contributed by atoms with Crippen molar-refractivity contribution in [1.29, 1.82) is 0 Å². The number of fused-ring (bicyclic) bond motifs is 1. The molecule has 1 N–H and O–H groups in total. The van der Waals surface area contributed by atoms with Crippen molar-refractivity contribution in [2.75, 3.05) is 13.3 Å². The Kier molecular flexibility index (Phi) is 3.36. The third kappa shape index (κ3) is 2.59. The molecule has 1 aliphatic carbocycles. The molecule has 92 valence electrons. The minimum absolute atomic E-state index is 0.0604. The quantitative estimate of drug-likeness (QED) is 0.653. The first-order valence-electron chi connectivity index (χ1n) is 5.57. The van der Waals surface area contributed by atoms with Gasteiger partial charge in [0, 0.05) is 12.7 Å². The first-order valence-corrected chi connectivity index (χ1v) is 7.48. The molecular formula is C12H16NO3P. The average molecular weight is 253 g/mol. The number of hydrogen-bond donors (Lipinski definition) is 1. The molecule has 0 aliphatic heterocycles. The van der Waals surface area contributed by atoms with Crippen LogP contribution in [0.15, 0.2) is 24.3 Å². The SMILES string of the molecule is CN(C=O)CP(=O)(O)C1Cc2ccccc2C1. The molecule has 1 atom stereocenters. The smallest absolute Gasteiger partial charge is 0.222 e. The first kappa shape index (κ1) is 12.3. The second-order valence-electron chi connectivity index (χ2n) is 4.59. The molecule has 5 heteroatoms. The molecule has 0 heterocycles. The lowest BCUT2D eigenvalue weighted by molar-refractivity contribution is -0.116. The van der Waals surface area contributed by atoms with Crippen LogP contribution in [0.25, 0.3) is 0 Å². The Labute approximate surface area is 101 Å². The second kappa shape index (κ2) is 4.63. The molecule has 0 radical (unpaired) electrons. The third-order valence-electron chi connectivity index (χ3n) is 3.21. The van der Waals surface area contributed by atoms with Crippen molar-refractivity contribution >= 4 is 13.8 Å². The Morgan fingerprint density at radius 1 is 1.41 bits per heavy atom. The van der Waals surface area contributed by atoms with Crippen LogP contribution in [0.4, 0.5) is 0 Å². The van der Waals surface area contributed by atoms with Gasteiger partial charge in [-0.25, -0.2) is 0 Å². The molecule has 1 aliphatic rings. The van der Waals surface area contributed by atoms with Crippen LogP contribution < -0.4 is 0 Å². The molecule has 0 aromatic heterocycles. The zero-order valence-corrected chi connectivity index (χ0v) is 10.6. The lowest BCUT2D eigenvalue weighted by Crippen LogP contribution is -2.22. The van der Waals surface area contributed by atoms with E-state index in [9.17, 15) is 14.3 Å². The minimum atomic E-state index is -3.30. The van der Waals surface area contributed by atoms with Crippen LogP contribution in [0.5, 0.6) is 0 Å². The van der Waals surface area contributed by atoms with E-state index in [0.717, 1.165) is 11.1 Å². The van der Waals surface area contributed by atoms with Gasteiger partial charge >= 0.3 is 0 Å². The van der Waals surface area contributed by atoms with Crippen molar-refractivity contribution in [2.45, 2.75) is 18.5 Å². The minimum Gasteiger partial charge on any atom is -0.343 e. The van der Waals surface area contributed by atoms with E-state index in [4.69, 9.17) is 0 Å². The summed E-state index contributed by atoms with van der Waals surface area (Å²) in [5.74, 6) is 0. The topological polar surface area (TPSA) is 57.6 Å². The van der Waals surface area contributed by atoms with Crippen LogP contribution >= 0.6 is 7.37 Å². The molecule has 1 unspecified atom stereocenters. The van der Waals surface area contributed by atoms with Crippen molar-refractivity contribution in [3.8, 4) is 0 Å². The van der Waals surface area contributed by atoms with Crippen LogP contribution in [-0.4, -0.2) is 35.2 Å². The van der Waals surface area contributed by atoms with Crippen LogP contribution in [0.3, 0.4) is 0 Å². The van der Waals surface area contributed by atoms with E-state index in [1.165, 1.54) is 11.9 Å². The summed E-state index contributed by atoms with van der Waals surface area (Å²) in [6.45, 7) is 0. The Morgan fingerprint density at radius 2 is 1.94 bits per heavy atom. The largest absolute Gasteiger partial charge is 0.343 e. The number of rotatable bonds is 4. The van der Waals surface area contributed by atoms with E-state index in [1.807, 2.05) is 24.3 Å². The van der Waals surface area contributed by atoms with Gasteiger partial charge in [-0.3, -0.25) is 9.36 Å². The predicted octanol–water partition coefficient (Wildman–Crippen LogP) is 1.47. The zero-order valence-electron chi connectivity index (χ0n) is 9.74. The highest BCUT2D eigenvalue weighted by molar-refractivity contribution is 7.58. The van der Waals surface area contributed by atoms with Crippen molar-refractivity contribution in [1.82, 2.24) is 4.90 Å². The molecule has 4 nitrogen and oxygen atoms in total. The number of nitrogens with zero attached hydrogens (tertiary/aromatic N) is 1. The molecule has 0 saturated carbocycles. The van der Waals surface area contributed by atoms with Gasteiger partial charge in [-0.1, -0.05) is 24.3 Å². The maximum atomic E-state index is 12.2. The summed E-state index contributed by atoms with van der Waals surface area (Å²) in [7, 11) is -1.78. The van der Waals surface area contributed by atoms with Crippen molar-refractivity contribution in [3.05, 3.63) is 35.4 Å². The van der Waals surface area contributed by atoms with E-state index >= 15 is 0 Å². The fraction of sp³-hybridized carbons (Fsp3) is 0.417. The highest BCUT2D eigenvalue weighted by Crippen LogP contribution is 2.51. The summed E-state index contributed by atoms with van der Waals surface area (Å²) in [6.07, 6.45) is 1.80. The van der Waals surface area contributed by atoms with Gasteiger partial charge in [0.15, 0.2) is 0 Å². The average Bonchev–Trinajstić information content (AvgIpc) is 2.72. The molecule has 0 fully saturated rings. The third-order valence-corrected chi connectivity index (χ3v) is 5.56. The maximum Gasteiger partial charge on any atom is 0.222 e. The van der Waals surface area contributed by atoms with Gasteiger partial charge in [-0.2, -0.15) is 0 Å². The number of carbonyl (C=O) groups excluding carboxylic acids is 1. The molecular weight excluding hydrogens is 237 g/mol. The van der Waals surface area contributed by atoms with Gasteiger partial charge in [0.05, 0.1) is 6.29 Å². The molecule has 2 rings (SSSR count). The molecule has 1 amide bonds. The Morgan fingerprint density at radius 3 is 2.41 bits per heavy atom. The van der Waals surface area contributed by atoms with E-state index in [-0.39, 0.29) is 11.9 Å². The van der Waals surface area contributed by atoms with Crippen molar-refractivity contribution < 1.29 is 14.3 Å². The zero-order chi connectivity index (χ0) is 12.5. The number of amides is 1. The monoisotopic (exact) mass is 253 g/mol. The lowest BCUT2D eigenvalue weighted by atomic mass is 10.1. The normalized spacial score (nSPS) is 18.5. The maximum absolute atomic E-state index is 12.2. The van der Waals surface area contributed by atoms with Crippen LogP contribution in [0, 0.1) is 0 Å². The van der Waals surface area contributed by atoms with E-state index in [0.29, 0.717) is 19.3 Å². The van der Waals surface area contributed by atoms with Crippen molar-refractivity contribution in [3.63, 3.8) is 0 Å². The molecule has 0 bridgehead atoms. The van der Waals surface area contributed by atoms with Crippen molar-refractivity contribution in [2.24, 2.45) is 0 Å². The number of hydrogen-bond acceptors (Lipinski definition) is 2. The Bertz CT molecular complexity index is 450. The summed E-state index contributed by atoms with van der Waals surface area (Å²) >= 11 is 0. The second-order valence-corrected chi connectivity index (χ2v) is 7.11. The van der Waals surface area contributed by atoms with E-state index in [2.05, 4.69) is 0 Å². The van der Waals surface area contributed by atoms with E-state index < -0.39 is 7.37 Å². The molecule has 1 aromatic rings.